The van der Waals surface area contributed by atoms with Crippen molar-refractivity contribution < 1.29 is 4.79 Å². The third kappa shape index (κ3) is 1.71. The van der Waals surface area contributed by atoms with Crippen molar-refractivity contribution >= 4 is 11.6 Å². The molecule has 20 heavy (non-hydrogen) atoms. The summed E-state index contributed by atoms with van der Waals surface area (Å²) < 4.78 is 1.72. The predicted octanol–water partition coefficient (Wildman–Crippen LogP) is 1.58. The number of aromatic nitrogens is 4. The highest BCUT2D eigenvalue weighted by Crippen LogP contribution is 2.53. The van der Waals surface area contributed by atoms with Crippen LogP contribution in [0.2, 0.25) is 0 Å². The molecule has 0 radical (unpaired) electrons. The van der Waals surface area contributed by atoms with Gasteiger partial charge in [-0.2, -0.15) is 0 Å². The van der Waals surface area contributed by atoms with E-state index in [4.69, 9.17) is 0 Å². The molecular formula is C14H17N5O. The lowest BCUT2D eigenvalue weighted by atomic mass is 9.65. The maximum atomic E-state index is 12.4. The average Bonchev–Trinajstić information content (AvgIpc) is 3.02. The second-order valence-electron chi connectivity index (χ2n) is 6.00. The first-order chi connectivity index (χ1) is 9.77. The number of carbonyl (C=O) groups excluding carboxylic acids is 1. The van der Waals surface area contributed by atoms with Gasteiger partial charge >= 0.3 is 0 Å². The van der Waals surface area contributed by atoms with Gasteiger partial charge < -0.3 is 5.32 Å². The van der Waals surface area contributed by atoms with E-state index in [1.165, 1.54) is 32.1 Å². The van der Waals surface area contributed by atoms with Crippen molar-refractivity contribution in [3.63, 3.8) is 0 Å². The normalized spacial score (nSPS) is 23.9. The van der Waals surface area contributed by atoms with Gasteiger partial charge in [0.05, 0.1) is 6.20 Å². The molecule has 2 aliphatic rings. The summed E-state index contributed by atoms with van der Waals surface area (Å²) in [6, 6.07) is 0.321. The summed E-state index contributed by atoms with van der Waals surface area (Å²) in [6.07, 6.45) is 12.3. The highest BCUT2D eigenvalue weighted by molar-refractivity contribution is 5.92. The molecule has 1 spiro atoms. The summed E-state index contributed by atoms with van der Waals surface area (Å²) in [5.74, 6) is -0.0845. The van der Waals surface area contributed by atoms with Crippen LogP contribution < -0.4 is 5.32 Å². The van der Waals surface area contributed by atoms with Gasteiger partial charge in [-0.05, 0) is 31.1 Å². The summed E-state index contributed by atoms with van der Waals surface area (Å²) in [5.41, 5.74) is 1.47. The zero-order valence-electron chi connectivity index (χ0n) is 11.2. The van der Waals surface area contributed by atoms with Crippen LogP contribution in [-0.4, -0.2) is 31.5 Å². The number of nitrogens with one attached hydrogen (secondary N) is 1. The fourth-order valence-electron chi connectivity index (χ4n) is 3.68. The smallest absolute Gasteiger partial charge is 0.271 e. The Hall–Kier alpha value is -1.98. The molecular weight excluding hydrogens is 254 g/mol. The Labute approximate surface area is 116 Å². The lowest BCUT2D eigenvalue weighted by molar-refractivity contribution is 0.0749. The van der Waals surface area contributed by atoms with Crippen LogP contribution >= 0.6 is 0 Å². The van der Waals surface area contributed by atoms with Gasteiger partial charge in [0.25, 0.3) is 5.91 Å². The molecule has 6 nitrogen and oxygen atoms in total. The highest BCUT2D eigenvalue weighted by Gasteiger charge is 2.47. The molecule has 2 heterocycles. The van der Waals surface area contributed by atoms with Crippen LogP contribution in [0.3, 0.4) is 0 Å². The summed E-state index contributed by atoms with van der Waals surface area (Å²) in [7, 11) is 0. The van der Waals surface area contributed by atoms with Crippen LogP contribution in [0.1, 0.15) is 49.0 Å². The van der Waals surface area contributed by atoms with Gasteiger partial charge in [-0.25, -0.2) is 4.98 Å². The molecule has 1 unspecified atom stereocenters. The van der Waals surface area contributed by atoms with E-state index in [0.717, 1.165) is 6.42 Å². The Morgan fingerprint density at radius 3 is 3.00 bits per heavy atom. The first-order valence-electron chi connectivity index (χ1n) is 7.23. The van der Waals surface area contributed by atoms with Crippen molar-refractivity contribution in [2.75, 3.05) is 0 Å². The van der Waals surface area contributed by atoms with Crippen molar-refractivity contribution in [3.05, 3.63) is 24.4 Å². The van der Waals surface area contributed by atoms with E-state index in [-0.39, 0.29) is 5.91 Å². The molecule has 1 N–H and O–H groups in total. The monoisotopic (exact) mass is 271 g/mol. The summed E-state index contributed by atoms with van der Waals surface area (Å²) >= 11 is 0. The first kappa shape index (κ1) is 11.8. The van der Waals surface area contributed by atoms with E-state index in [0.29, 0.717) is 22.8 Å². The van der Waals surface area contributed by atoms with E-state index in [2.05, 4.69) is 20.5 Å². The fourth-order valence-corrected chi connectivity index (χ4v) is 3.68. The minimum atomic E-state index is -0.0845. The van der Waals surface area contributed by atoms with E-state index in [9.17, 15) is 4.79 Å². The van der Waals surface area contributed by atoms with Gasteiger partial charge in [-0.1, -0.05) is 12.8 Å². The SMILES string of the molecule is O=C(NC1CCCC12CCC2)c1cn2cnnc2cn1. The predicted molar refractivity (Wildman–Crippen MR) is 72.2 cm³/mol. The van der Waals surface area contributed by atoms with Crippen molar-refractivity contribution in [1.82, 2.24) is 24.9 Å². The van der Waals surface area contributed by atoms with E-state index >= 15 is 0 Å². The van der Waals surface area contributed by atoms with Crippen molar-refractivity contribution in [2.24, 2.45) is 5.41 Å². The third-order valence-corrected chi connectivity index (χ3v) is 4.98. The van der Waals surface area contributed by atoms with E-state index < -0.39 is 0 Å². The van der Waals surface area contributed by atoms with Crippen molar-refractivity contribution in [2.45, 2.75) is 44.6 Å². The maximum absolute atomic E-state index is 12.4. The molecule has 4 rings (SSSR count). The van der Waals surface area contributed by atoms with Crippen LogP contribution in [0.15, 0.2) is 18.7 Å². The van der Waals surface area contributed by atoms with Crippen LogP contribution in [-0.2, 0) is 0 Å². The Balaban J connectivity index is 1.54. The van der Waals surface area contributed by atoms with Gasteiger partial charge in [0, 0.05) is 12.2 Å². The quantitative estimate of drug-likeness (QED) is 0.900. The molecule has 2 aromatic heterocycles. The Bertz CT molecular complexity index is 660. The molecule has 0 bridgehead atoms. The van der Waals surface area contributed by atoms with E-state index in [1.807, 2.05) is 0 Å². The maximum Gasteiger partial charge on any atom is 0.271 e. The third-order valence-electron chi connectivity index (χ3n) is 4.98. The molecule has 104 valence electrons. The van der Waals surface area contributed by atoms with Gasteiger partial charge in [-0.3, -0.25) is 9.20 Å². The molecule has 0 aromatic carbocycles. The second kappa shape index (κ2) is 4.26. The van der Waals surface area contributed by atoms with E-state index in [1.54, 1.807) is 23.1 Å². The molecule has 2 fully saturated rings. The molecule has 6 heteroatoms. The molecule has 1 amide bonds. The van der Waals surface area contributed by atoms with Gasteiger partial charge in [-0.15, -0.1) is 10.2 Å². The Kier molecular flexibility index (Phi) is 2.52. The van der Waals surface area contributed by atoms with Crippen LogP contribution in [0.5, 0.6) is 0 Å². The lowest BCUT2D eigenvalue weighted by Gasteiger charge is -2.43. The molecule has 2 aliphatic carbocycles. The standard InChI is InChI=1S/C14H17N5O/c20-13(10-8-19-9-16-18-12(19)7-15-10)17-11-3-1-4-14(11)5-2-6-14/h7-9,11H,1-6H2,(H,17,20). The van der Waals surface area contributed by atoms with Gasteiger partial charge in [0.15, 0.2) is 5.65 Å². The Morgan fingerprint density at radius 1 is 1.35 bits per heavy atom. The summed E-state index contributed by atoms with van der Waals surface area (Å²) in [5, 5.41) is 10.9. The topological polar surface area (TPSA) is 72.2 Å². The molecule has 1 atom stereocenters. The minimum Gasteiger partial charge on any atom is -0.347 e. The van der Waals surface area contributed by atoms with Gasteiger partial charge in [0.1, 0.15) is 12.0 Å². The number of hydrogen-bond acceptors (Lipinski definition) is 4. The van der Waals surface area contributed by atoms with Crippen LogP contribution in [0.4, 0.5) is 0 Å². The van der Waals surface area contributed by atoms with Gasteiger partial charge in [0.2, 0.25) is 0 Å². The second-order valence-corrected chi connectivity index (χ2v) is 6.00. The number of fused-ring (bicyclic) bond motifs is 1. The average molecular weight is 271 g/mol. The Morgan fingerprint density at radius 2 is 2.20 bits per heavy atom. The summed E-state index contributed by atoms with van der Waals surface area (Å²) in [4.78, 5) is 16.5. The molecule has 0 aliphatic heterocycles. The number of carbonyl (C=O) groups is 1. The van der Waals surface area contributed by atoms with Crippen molar-refractivity contribution in [3.8, 4) is 0 Å². The first-order valence-corrected chi connectivity index (χ1v) is 7.23. The molecule has 2 saturated carbocycles. The largest absolute Gasteiger partial charge is 0.347 e. The van der Waals surface area contributed by atoms with Crippen molar-refractivity contribution in [1.29, 1.82) is 0 Å². The highest BCUT2D eigenvalue weighted by atomic mass is 16.2. The number of hydrogen-bond donors (Lipinski definition) is 1. The lowest BCUT2D eigenvalue weighted by Crippen LogP contribution is -2.48. The number of rotatable bonds is 2. The van der Waals surface area contributed by atoms with Crippen LogP contribution in [0, 0.1) is 5.41 Å². The van der Waals surface area contributed by atoms with Crippen LogP contribution in [0.25, 0.3) is 5.65 Å². The minimum absolute atomic E-state index is 0.0845. The molecule has 0 saturated heterocycles. The molecule has 2 aromatic rings. The summed E-state index contributed by atoms with van der Waals surface area (Å²) in [6.45, 7) is 0. The fraction of sp³-hybridized carbons (Fsp3) is 0.571. The number of nitrogens with zero attached hydrogens (tertiary/aromatic N) is 4. The number of amides is 1. The zero-order chi connectivity index (χ0) is 13.6. The zero-order valence-corrected chi connectivity index (χ0v) is 11.2.